The van der Waals surface area contributed by atoms with Crippen molar-refractivity contribution in [1.82, 2.24) is 10.9 Å². The maximum atomic E-state index is 12.7. The predicted molar refractivity (Wildman–Crippen MR) is 90.9 cm³/mol. The van der Waals surface area contributed by atoms with Crippen molar-refractivity contribution in [3.8, 4) is 0 Å². The van der Waals surface area contributed by atoms with Crippen molar-refractivity contribution in [3.05, 3.63) is 69.4 Å². The van der Waals surface area contributed by atoms with Gasteiger partial charge >= 0.3 is 0 Å². The van der Waals surface area contributed by atoms with Gasteiger partial charge in [0.25, 0.3) is 0 Å². The van der Waals surface area contributed by atoms with Crippen LogP contribution in [0.2, 0.25) is 5.02 Å². The van der Waals surface area contributed by atoms with Gasteiger partial charge in [0.1, 0.15) is 5.54 Å². The molecule has 22 heavy (non-hydrogen) atoms. The summed E-state index contributed by atoms with van der Waals surface area (Å²) in [6.45, 7) is 1.86. The van der Waals surface area contributed by atoms with E-state index in [1.165, 1.54) is 0 Å². The van der Waals surface area contributed by atoms with Crippen molar-refractivity contribution >= 4 is 28.7 Å². The average molecular weight is 333 g/mol. The number of carbonyl (C=O) groups is 1. The van der Waals surface area contributed by atoms with Crippen LogP contribution in [-0.4, -0.2) is 5.78 Å². The summed E-state index contributed by atoms with van der Waals surface area (Å²) in [4.78, 5) is 13.7. The third-order valence-electron chi connectivity index (χ3n) is 3.92. The van der Waals surface area contributed by atoms with E-state index < -0.39 is 5.54 Å². The second kappa shape index (κ2) is 6.34. The molecular formula is C17H17ClN2OS. The van der Waals surface area contributed by atoms with Crippen LogP contribution >= 0.6 is 22.9 Å². The molecule has 1 aliphatic heterocycles. The van der Waals surface area contributed by atoms with Crippen LogP contribution < -0.4 is 10.9 Å². The van der Waals surface area contributed by atoms with Crippen LogP contribution in [0.25, 0.3) is 0 Å². The lowest BCUT2D eigenvalue weighted by Crippen LogP contribution is -2.46. The van der Waals surface area contributed by atoms with E-state index >= 15 is 0 Å². The molecule has 1 aliphatic rings. The summed E-state index contributed by atoms with van der Waals surface area (Å²) >= 11 is 7.54. The zero-order chi connectivity index (χ0) is 15.6. The average Bonchev–Trinajstić information content (AvgIpc) is 3.18. The number of benzene rings is 1. The monoisotopic (exact) mass is 332 g/mol. The summed E-state index contributed by atoms with van der Waals surface area (Å²) in [6.07, 6.45) is 4.09. The van der Waals surface area contributed by atoms with Crippen molar-refractivity contribution in [2.24, 2.45) is 0 Å². The second-order valence-corrected chi connectivity index (χ2v) is 6.71. The van der Waals surface area contributed by atoms with Crippen molar-refractivity contribution in [1.29, 1.82) is 0 Å². The molecular weight excluding hydrogens is 316 g/mol. The summed E-state index contributed by atoms with van der Waals surface area (Å²) in [5, 5.41) is 2.71. The van der Waals surface area contributed by atoms with Gasteiger partial charge in [-0.25, -0.2) is 10.9 Å². The van der Waals surface area contributed by atoms with Crippen LogP contribution in [0.3, 0.4) is 0 Å². The highest BCUT2D eigenvalue weighted by Crippen LogP contribution is 2.39. The Labute approximate surface area is 139 Å². The van der Waals surface area contributed by atoms with Crippen molar-refractivity contribution in [2.45, 2.75) is 24.9 Å². The van der Waals surface area contributed by atoms with Crippen LogP contribution in [0.5, 0.6) is 0 Å². The SMILES string of the molecule is C/C=C/C(=O)C1(c2cccs2)CC(c2ccc(Cl)cc2)NN1. The number of nitrogens with one attached hydrogen (secondary N) is 2. The van der Waals surface area contributed by atoms with E-state index in [-0.39, 0.29) is 11.8 Å². The molecule has 0 amide bonds. The van der Waals surface area contributed by atoms with Crippen LogP contribution in [0.1, 0.15) is 29.8 Å². The quantitative estimate of drug-likeness (QED) is 0.832. The highest BCUT2D eigenvalue weighted by Gasteiger charge is 2.46. The molecule has 0 radical (unpaired) electrons. The number of halogens is 1. The predicted octanol–water partition coefficient (Wildman–Crippen LogP) is 3.98. The summed E-state index contributed by atoms with van der Waals surface area (Å²) < 4.78 is 0. The third-order valence-corrected chi connectivity index (χ3v) is 5.21. The van der Waals surface area contributed by atoms with Crippen LogP contribution in [-0.2, 0) is 10.3 Å². The molecule has 0 aliphatic carbocycles. The molecule has 114 valence electrons. The molecule has 2 atom stereocenters. The Bertz CT molecular complexity index is 681. The first-order chi connectivity index (χ1) is 10.7. The second-order valence-electron chi connectivity index (χ2n) is 5.32. The minimum absolute atomic E-state index is 0.0635. The zero-order valence-corrected chi connectivity index (χ0v) is 13.7. The van der Waals surface area contributed by atoms with Gasteiger partial charge in [-0.15, -0.1) is 11.3 Å². The molecule has 2 N–H and O–H groups in total. The van der Waals surface area contributed by atoms with E-state index in [2.05, 4.69) is 10.9 Å². The van der Waals surface area contributed by atoms with Gasteiger partial charge in [0.05, 0.1) is 0 Å². The van der Waals surface area contributed by atoms with Gasteiger partial charge in [-0.3, -0.25) is 4.79 Å². The maximum absolute atomic E-state index is 12.7. The smallest absolute Gasteiger partial charge is 0.182 e. The summed E-state index contributed by atoms with van der Waals surface area (Å²) in [7, 11) is 0. The molecule has 0 saturated carbocycles. The number of hydrogen-bond donors (Lipinski definition) is 2. The summed E-state index contributed by atoms with van der Waals surface area (Å²) in [5.41, 5.74) is 6.93. The highest BCUT2D eigenvalue weighted by atomic mass is 35.5. The number of hydrazine groups is 1. The molecule has 3 rings (SSSR count). The van der Waals surface area contributed by atoms with Crippen LogP contribution in [0.4, 0.5) is 0 Å². The van der Waals surface area contributed by atoms with Gasteiger partial charge in [0.2, 0.25) is 0 Å². The van der Waals surface area contributed by atoms with E-state index in [9.17, 15) is 4.79 Å². The lowest BCUT2D eigenvalue weighted by Gasteiger charge is -2.24. The number of ketones is 1. The Hall–Kier alpha value is -1.46. The van der Waals surface area contributed by atoms with Crippen molar-refractivity contribution in [2.75, 3.05) is 0 Å². The Morgan fingerprint density at radius 2 is 2.14 bits per heavy atom. The molecule has 1 fully saturated rings. The molecule has 2 unspecified atom stereocenters. The van der Waals surface area contributed by atoms with Crippen LogP contribution in [0.15, 0.2) is 53.9 Å². The van der Waals surface area contributed by atoms with Crippen LogP contribution in [0, 0.1) is 0 Å². The fraction of sp³-hybridized carbons (Fsp3) is 0.235. The molecule has 1 saturated heterocycles. The Balaban J connectivity index is 1.93. The minimum Gasteiger partial charge on any atom is -0.292 e. The zero-order valence-electron chi connectivity index (χ0n) is 12.2. The number of rotatable bonds is 4. The van der Waals surface area contributed by atoms with Gasteiger partial charge in [-0.05, 0) is 48.6 Å². The van der Waals surface area contributed by atoms with Gasteiger partial charge in [-0.1, -0.05) is 35.9 Å². The van der Waals surface area contributed by atoms with Gasteiger partial charge in [-0.2, -0.15) is 0 Å². The van der Waals surface area contributed by atoms with E-state index in [0.29, 0.717) is 11.4 Å². The first-order valence-corrected chi connectivity index (χ1v) is 8.41. The molecule has 0 bridgehead atoms. The lowest BCUT2D eigenvalue weighted by molar-refractivity contribution is -0.120. The molecule has 2 aromatic rings. The highest BCUT2D eigenvalue weighted by molar-refractivity contribution is 7.10. The first kappa shape index (κ1) is 15.4. The molecule has 3 nitrogen and oxygen atoms in total. The van der Waals surface area contributed by atoms with Gasteiger partial charge in [0, 0.05) is 15.9 Å². The first-order valence-electron chi connectivity index (χ1n) is 7.15. The van der Waals surface area contributed by atoms with E-state index in [1.807, 2.05) is 48.7 Å². The largest absolute Gasteiger partial charge is 0.292 e. The summed E-state index contributed by atoms with van der Waals surface area (Å²) in [6, 6.07) is 11.8. The number of carbonyl (C=O) groups excluding carboxylic acids is 1. The molecule has 1 aromatic carbocycles. The Morgan fingerprint density at radius 1 is 1.36 bits per heavy atom. The Kier molecular flexibility index (Phi) is 4.45. The summed E-state index contributed by atoms with van der Waals surface area (Å²) in [5.74, 6) is 0.0708. The van der Waals surface area contributed by atoms with E-state index in [0.717, 1.165) is 10.4 Å². The third kappa shape index (κ3) is 2.75. The Morgan fingerprint density at radius 3 is 2.77 bits per heavy atom. The molecule has 0 spiro atoms. The van der Waals surface area contributed by atoms with E-state index in [1.54, 1.807) is 23.5 Å². The molecule has 2 heterocycles. The van der Waals surface area contributed by atoms with Crippen molar-refractivity contribution in [3.63, 3.8) is 0 Å². The van der Waals surface area contributed by atoms with E-state index in [4.69, 9.17) is 11.6 Å². The lowest BCUT2D eigenvalue weighted by atomic mass is 9.85. The number of thiophene rings is 1. The number of hydrogen-bond acceptors (Lipinski definition) is 4. The number of allylic oxidation sites excluding steroid dienone is 1. The van der Waals surface area contributed by atoms with Crippen molar-refractivity contribution < 1.29 is 4.79 Å². The molecule has 5 heteroatoms. The fourth-order valence-electron chi connectivity index (χ4n) is 2.78. The molecule has 1 aromatic heterocycles. The standard InChI is InChI=1S/C17H17ClN2OS/c1-2-4-15(21)17(16-5-3-10-22-16)11-14(19-20-17)12-6-8-13(18)9-7-12/h2-10,14,19-20H,11H2,1H3/b4-2+. The topological polar surface area (TPSA) is 41.1 Å². The fourth-order valence-corrected chi connectivity index (χ4v) is 3.80. The minimum atomic E-state index is -0.703. The maximum Gasteiger partial charge on any atom is 0.182 e. The normalized spacial score (nSPS) is 24.9. The van der Waals surface area contributed by atoms with Gasteiger partial charge in [0.15, 0.2) is 5.78 Å². The van der Waals surface area contributed by atoms with Gasteiger partial charge < -0.3 is 0 Å².